The molecule has 2 aromatic carbocycles. The number of nitrogens with zero attached hydrogens (tertiary/aromatic N) is 3. The number of anilines is 1. The molecule has 1 aliphatic rings. The minimum Gasteiger partial charge on any atom is -0.465 e. The van der Waals surface area contributed by atoms with E-state index in [0.29, 0.717) is 46.9 Å². The third kappa shape index (κ3) is 5.07. The van der Waals surface area contributed by atoms with Crippen LogP contribution in [0.5, 0.6) is 0 Å². The average Bonchev–Trinajstić information content (AvgIpc) is 3.35. The summed E-state index contributed by atoms with van der Waals surface area (Å²) < 4.78 is 46.4. The van der Waals surface area contributed by atoms with Gasteiger partial charge >= 0.3 is 12.1 Å². The highest BCUT2D eigenvalue weighted by molar-refractivity contribution is 6.00. The number of fused-ring (bicyclic) bond motifs is 1. The quantitative estimate of drug-likeness (QED) is 0.492. The first-order valence-corrected chi connectivity index (χ1v) is 11.5. The fraction of sp³-hybridized carbons (Fsp3) is 0.346. The zero-order chi connectivity index (χ0) is 26.2. The first-order valence-electron chi connectivity index (χ1n) is 11.5. The number of benzene rings is 2. The second-order valence-electron chi connectivity index (χ2n) is 8.94. The number of alkyl halides is 3. The number of rotatable bonds is 6. The van der Waals surface area contributed by atoms with Crippen LogP contribution >= 0.6 is 0 Å². The molecule has 0 spiro atoms. The normalized spacial score (nSPS) is 13.9. The Morgan fingerprint density at radius 1 is 1.11 bits per heavy atom. The van der Waals surface area contributed by atoms with Crippen LogP contribution in [-0.4, -0.2) is 35.3 Å². The predicted octanol–water partition coefficient (Wildman–Crippen LogP) is 4.82. The van der Waals surface area contributed by atoms with Crippen LogP contribution in [0.2, 0.25) is 0 Å². The van der Waals surface area contributed by atoms with Crippen molar-refractivity contribution in [2.24, 2.45) is 0 Å². The summed E-state index contributed by atoms with van der Waals surface area (Å²) in [6.07, 6.45) is -4.43. The second-order valence-corrected chi connectivity index (χ2v) is 8.94. The molecule has 36 heavy (non-hydrogen) atoms. The van der Waals surface area contributed by atoms with E-state index in [1.807, 2.05) is 11.8 Å². The van der Waals surface area contributed by atoms with Gasteiger partial charge in [-0.15, -0.1) is 0 Å². The Morgan fingerprint density at radius 3 is 2.44 bits per heavy atom. The van der Waals surface area contributed by atoms with E-state index in [4.69, 9.17) is 4.74 Å². The maximum Gasteiger partial charge on any atom is 0.416 e. The molecule has 0 saturated carbocycles. The molecule has 10 heteroatoms. The highest BCUT2D eigenvalue weighted by Gasteiger charge is 2.33. The minimum absolute atomic E-state index is 0.223. The molecule has 1 amide bonds. The number of nitrogens with one attached hydrogen (secondary N) is 1. The lowest BCUT2D eigenvalue weighted by atomic mass is 10.0. The molecule has 4 rings (SSSR count). The van der Waals surface area contributed by atoms with Gasteiger partial charge in [-0.1, -0.05) is 23.8 Å². The lowest BCUT2D eigenvalue weighted by Crippen LogP contribution is -2.29. The molecule has 0 fully saturated rings. The second kappa shape index (κ2) is 9.67. The lowest BCUT2D eigenvalue weighted by molar-refractivity contribution is -0.137. The molecule has 1 aliphatic heterocycles. The van der Waals surface area contributed by atoms with Gasteiger partial charge in [-0.25, -0.2) is 9.48 Å². The monoisotopic (exact) mass is 500 g/mol. The maximum atomic E-state index is 13.3. The van der Waals surface area contributed by atoms with Crippen LogP contribution in [0.4, 0.5) is 19.0 Å². The molecule has 0 saturated heterocycles. The van der Waals surface area contributed by atoms with Gasteiger partial charge in [0.05, 0.1) is 36.5 Å². The zero-order valence-corrected chi connectivity index (χ0v) is 20.4. The summed E-state index contributed by atoms with van der Waals surface area (Å²) in [5.74, 6) is -0.181. The smallest absolute Gasteiger partial charge is 0.416 e. The Labute approximate surface area is 206 Å². The zero-order valence-electron chi connectivity index (χ0n) is 20.4. The van der Waals surface area contributed by atoms with Gasteiger partial charge in [-0.3, -0.25) is 4.79 Å². The van der Waals surface area contributed by atoms with Crippen molar-refractivity contribution in [1.82, 2.24) is 15.1 Å². The van der Waals surface area contributed by atoms with E-state index in [-0.39, 0.29) is 18.5 Å². The summed E-state index contributed by atoms with van der Waals surface area (Å²) in [6, 6.07) is 10.4. The SMILES string of the molecule is COC(=O)c1ccc([C@H](C)NC(=O)c2c(C)nn3c2N(Cc2cc(C)cc(C(F)(F)F)c2)CC3)cc1. The molecule has 0 aliphatic carbocycles. The number of hydrogen-bond donors (Lipinski definition) is 1. The van der Waals surface area contributed by atoms with Crippen LogP contribution in [0.15, 0.2) is 42.5 Å². The van der Waals surface area contributed by atoms with E-state index in [1.54, 1.807) is 48.9 Å². The molecule has 0 unspecified atom stereocenters. The van der Waals surface area contributed by atoms with Crippen LogP contribution in [-0.2, 0) is 24.0 Å². The molecule has 0 radical (unpaired) electrons. The van der Waals surface area contributed by atoms with Crippen LogP contribution in [0.1, 0.15) is 61.6 Å². The number of methoxy groups -OCH3 is 1. The first-order chi connectivity index (χ1) is 17.0. The van der Waals surface area contributed by atoms with Crippen molar-refractivity contribution in [2.45, 2.75) is 46.1 Å². The third-order valence-electron chi connectivity index (χ3n) is 6.23. The van der Waals surface area contributed by atoms with Gasteiger partial charge in [0.25, 0.3) is 5.91 Å². The number of carbonyl (C=O) groups excluding carboxylic acids is 2. The summed E-state index contributed by atoms with van der Waals surface area (Å²) in [5, 5.41) is 7.45. The number of halogens is 3. The Morgan fingerprint density at radius 2 is 1.81 bits per heavy atom. The fourth-order valence-electron chi connectivity index (χ4n) is 4.50. The number of aromatic nitrogens is 2. The van der Waals surface area contributed by atoms with Gasteiger partial charge in [0.2, 0.25) is 0 Å². The van der Waals surface area contributed by atoms with Crippen molar-refractivity contribution >= 4 is 17.7 Å². The molecule has 0 bridgehead atoms. The van der Waals surface area contributed by atoms with Gasteiger partial charge < -0.3 is 15.0 Å². The Bertz CT molecular complexity index is 1300. The molecule has 1 atom stereocenters. The predicted molar refractivity (Wildman–Crippen MR) is 128 cm³/mol. The van der Waals surface area contributed by atoms with Crippen LogP contribution in [0.25, 0.3) is 0 Å². The Balaban J connectivity index is 1.55. The van der Waals surface area contributed by atoms with Gasteiger partial charge in [0.1, 0.15) is 11.4 Å². The van der Waals surface area contributed by atoms with Crippen molar-refractivity contribution in [3.8, 4) is 0 Å². The Hall–Kier alpha value is -3.82. The molecule has 3 aromatic rings. The summed E-state index contributed by atoms with van der Waals surface area (Å²) in [6.45, 7) is 6.49. The number of carbonyl (C=O) groups is 2. The van der Waals surface area contributed by atoms with Gasteiger partial charge in [0.15, 0.2) is 0 Å². The van der Waals surface area contributed by atoms with Crippen LogP contribution in [0.3, 0.4) is 0 Å². The minimum atomic E-state index is -4.43. The average molecular weight is 501 g/mol. The van der Waals surface area contributed by atoms with Crippen molar-refractivity contribution in [1.29, 1.82) is 0 Å². The number of aryl methyl sites for hydroxylation is 2. The van der Waals surface area contributed by atoms with E-state index in [0.717, 1.165) is 17.7 Å². The highest BCUT2D eigenvalue weighted by atomic mass is 19.4. The van der Waals surface area contributed by atoms with E-state index in [9.17, 15) is 22.8 Å². The molecule has 190 valence electrons. The van der Waals surface area contributed by atoms with Crippen LogP contribution in [0, 0.1) is 13.8 Å². The van der Waals surface area contributed by atoms with E-state index >= 15 is 0 Å². The largest absolute Gasteiger partial charge is 0.465 e. The number of esters is 1. The summed E-state index contributed by atoms with van der Waals surface area (Å²) in [5.41, 5.74) is 2.49. The van der Waals surface area contributed by atoms with Crippen molar-refractivity contribution < 1.29 is 27.5 Å². The standard InChI is InChI=1S/C26H27F3N4O3/c1-15-11-18(13-21(12-15)26(27,28)29)14-32-9-10-33-24(32)22(17(3)31-33)23(34)30-16(2)19-5-7-20(8-6-19)25(35)36-4/h5-8,11-13,16H,9-10,14H2,1-4H3,(H,30,34)/t16-/m0/s1. The van der Waals surface area contributed by atoms with Crippen molar-refractivity contribution in [2.75, 3.05) is 18.6 Å². The van der Waals surface area contributed by atoms with Gasteiger partial charge in [-0.05, 0) is 56.2 Å². The third-order valence-corrected chi connectivity index (χ3v) is 6.23. The number of amides is 1. The highest BCUT2D eigenvalue weighted by Crippen LogP contribution is 2.33. The van der Waals surface area contributed by atoms with E-state index in [2.05, 4.69) is 10.4 Å². The first kappa shape index (κ1) is 25.3. The van der Waals surface area contributed by atoms with E-state index < -0.39 is 17.7 Å². The van der Waals surface area contributed by atoms with Crippen LogP contribution < -0.4 is 10.2 Å². The molecule has 1 N–H and O–H groups in total. The number of ether oxygens (including phenoxy) is 1. The van der Waals surface area contributed by atoms with Crippen molar-refractivity contribution in [3.05, 3.63) is 81.5 Å². The maximum absolute atomic E-state index is 13.3. The molecule has 1 aromatic heterocycles. The van der Waals surface area contributed by atoms with Gasteiger partial charge in [-0.2, -0.15) is 18.3 Å². The number of hydrogen-bond acceptors (Lipinski definition) is 5. The topological polar surface area (TPSA) is 76.5 Å². The summed E-state index contributed by atoms with van der Waals surface area (Å²) in [4.78, 5) is 26.9. The molecule has 7 nitrogen and oxygen atoms in total. The molecular formula is C26H27F3N4O3. The molecule has 2 heterocycles. The van der Waals surface area contributed by atoms with E-state index in [1.165, 1.54) is 7.11 Å². The lowest BCUT2D eigenvalue weighted by Gasteiger charge is -2.21. The summed E-state index contributed by atoms with van der Waals surface area (Å²) >= 11 is 0. The fourth-order valence-corrected chi connectivity index (χ4v) is 4.50. The van der Waals surface area contributed by atoms with Crippen molar-refractivity contribution in [3.63, 3.8) is 0 Å². The Kier molecular flexibility index (Phi) is 6.79. The molecular weight excluding hydrogens is 473 g/mol. The summed E-state index contributed by atoms with van der Waals surface area (Å²) in [7, 11) is 1.31. The van der Waals surface area contributed by atoms with Gasteiger partial charge in [0, 0.05) is 13.1 Å².